The molecule has 200 valence electrons. The number of urea groups is 1. The van der Waals surface area contributed by atoms with E-state index in [1.807, 2.05) is 85.8 Å². The Kier molecular flexibility index (Phi) is 6.93. The van der Waals surface area contributed by atoms with E-state index in [2.05, 4.69) is 36.2 Å². The number of nitrogens with one attached hydrogen (secondary N) is 3. The minimum Gasteiger partial charge on any atom is -0.369 e. The van der Waals surface area contributed by atoms with Gasteiger partial charge in [-0.15, -0.1) is 5.10 Å². The molecule has 1 saturated heterocycles. The van der Waals surface area contributed by atoms with Crippen LogP contribution >= 0.6 is 0 Å². The van der Waals surface area contributed by atoms with E-state index in [0.29, 0.717) is 17.2 Å². The molecule has 5 aromatic rings. The number of hydrogen-bond acceptors (Lipinski definition) is 5. The molecule has 8 nitrogen and oxygen atoms in total. The predicted octanol–water partition coefficient (Wildman–Crippen LogP) is 6.62. The lowest BCUT2D eigenvalue weighted by molar-refractivity contribution is 0.262. The topological polar surface area (TPSA) is 98.8 Å². The van der Waals surface area contributed by atoms with Crippen molar-refractivity contribution in [2.24, 2.45) is 0 Å². The van der Waals surface area contributed by atoms with Crippen LogP contribution in [0.3, 0.4) is 0 Å². The number of hydrogen-bond donors (Lipinski definition) is 3. The molecule has 0 bridgehead atoms. The van der Waals surface area contributed by atoms with E-state index in [-0.39, 0.29) is 17.8 Å². The molecule has 1 atom stereocenters. The first-order valence-corrected chi connectivity index (χ1v) is 13.2. The molecular formula is C31H28FN7O. The summed E-state index contributed by atoms with van der Waals surface area (Å²) in [6, 6.07) is 28.0. The van der Waals surface area contributed by atoms with Gasteiger partial charge in [0.1, 0.15) is 5.82 Å². The second-order valence-corrected chi connectivity index (χ2v) is 9.96. The Hall–Kier alpha value is -5.05. The Balaban J connectivity index is 1.33. The fraction of sp³-hybridized carbons (Fsp3) is 0.161. The number of carbonyl (C=O) groups excluding carboxylic acids is 1. The molecule has 9 heteroatoms. The highest BCUT2D eigenvalue weighted by molar-refractivity contribution is 6.02. The molecule has 1 aliphatic heterocycles. The summed E-state index contributed by atoms with van der Waals surface area (Å²) in [5, 5.41) is 20.4. The molecule has 0 radical (unpaired) electrons. The van der Waals surface area contributed by atoms with Gasteiger partial charge in [0, 0.05) is 30.3 Å². The van der Waals surface area contributed by atoms with E-state index in [1.165, 1.54) is 12.1 Å². The number of halogens is 1. The van der Waals surface area contributed by atoms with E-state index in [1.54, 1.807) is 0 Å². The van der Waals surface area contributed by atoms with Crippen LogP contribution < -0.4 is 15.5 Å². The molecule has 4 aromatic carbocycles. The minimum absolute atomic E-state index is 0.235. The molecule has 2 heterocycles. The number of benzene rings is 4. The van der Waals surface area contributed by atoms with E-state index < -0.39 is 0 Å². The average molecular weight is 534 g/mol. The van der Waals surface area contributed by atoms with Crippen molar-refractivity contribution >= 4 is 23.1 Å². The second kappa shape index (κ2) is 11.0. The number of amides is 2. The fourth-order valence-electron chi connectivity index (χ4n) is 5.20. The zero-order valence-corrected chi connectivity index (χ0v) is 21.9. The quantitative estimate of drug-likeness (QED) is 0.228. The molecule has 1 unspecified atom stereocenters. The van der Waals surface area contributed by atoms with E-state index in [9.17, 15) is 9.18 Å². The Morgan fingerprint density at radius 1 is 0.950 bits per heavy atom. The van der Waals surface area contributed by atoms with Crippen molar-refractivity contribution in [1.82, 2.24) is 20.6 Å². The first kappa shape index (κ1) is 25.2. The van der Waals surface area contributed by atoms with Gasteiger partial charge in [0.25, 0.3) is 0 Å². The maximum absolute atomic E-state index is 13.5. The lowest BCUT2D eigenvalue weighted by atomic mass is 9.98. The van der Waals surface area contributed by atoms with Crippen LogP contribution in [0, 0.1) is 12.7 Å². The summed E-state index contributed by atoms with van der Waals surface area (Å²) in [4.78, 5) is 15.4. The number of aromatic nitrogens is 4. The fourth-order valence-corrected chi connectivity index (χ4v) is 5.20. The molecule has 1 fully saturated rings. The SMILES string of the molecule is Cc1ccc(NC(=O)Nc2cc(-c3ccccc3-c3nnn[nH]3)ccc2N2CCC(c3ccc(F)cc3)C2)cc1. The number of H-pyrrole nitrogens is 1. The lowest BCUT2D eigenvalue weighted by Crippen LogP contribution is -2.24. The molecule has 2 amide bonds. The van der Waals surface area contributed by atoms with Gasteiger partial charge >= 0.3 is 6.03 Å². The van der Waals surface area contributed by atoms with Gasteiger partial charge in [-0.1, -0.05) is 60.2 Å². The third-order valence-corrected chi connectivity index (χ3v) is 7.26. The number of nitrogens with zero attached hydrogens (tertiary/aromatic N) is 4. The molecular weight excluding hydrogens is 505 g/mol. The van der Waals surface area contributed by atoms with Crippen LogP contribution in [0.2, 0.25) is 0 Å². The monoisotopic (exact) mass is 533 g/mol. The number of aryl methyl sites for hydroxylation is 1. The Bertz CT molecular complexity index is 1620. The van der Waals surface area contributed by atoms with Gasteiger partial charge in [-0.2, -0.15) is 0 Å². The van der Waals surface area contributed by atoms with Gasteiger partial charge < -0.3 is 15.5 Å². The van der Waals surface area contributed by atoms with Gasteiger partial charge in [0.05, 0.1) is 11.4 Å². The highest BCUT2D eigenvalue weighted by Crippen LogP contribution is 2.39. The Labute approximate surface area is 231 Å². The molecule has 40 heavy (non-hydrogen) atoms. The van der Waals surface area contributed by atoms with Crippen LogP contribution in [0.15, 0.2) is 91.0 Å². The van der Waals surface area contributed by atoms with Gasteiger partial charge in [-0.05, 0) is 76.9 Å². The van der Waals surface area contributed by atoms with Gasteiger partial charge in [-0.25, -0.2) is 14.3 Å². The minimum atomic E-state index is -0.329. The standard InChI is InChI=1S/C31H28FN7O/c1-20-6-13-25(14-7-20)33-31(40)34-28-18-22(26-4-2-3-5-27(26)30-35-37-38-36-30)10-15-29(28)39-17-16-23(19-39)21-8-11-24(32)12-9-21/h2-15,18,23H,16-17,19H2,1H3,(H2,33,34,40)(H,35,36,37,38). The normalized spacial score (nSPS) is 14.8. The largest absolute Gasteiger partial charge is 0.369 e. The van der Waals surface area contributed by atoms with Crippen molar-refractivity contribution in [3.63, 3.8) is 0 Å². The summed E-state index contributed by atoms with van der Waals surface area (Å²) in [7, 11) is 0. The van der Waals surface area contributed by atoms with E-state index in [0.717, 1.165) is 53.0 Å². The van der Waals surface area contributed by atoms with Crippen LogP contribution in [0.5, 0.6) is 0 Å². The average Bonchev–Trinajstić information content (AvgIpc) is 3.68. The summed E-state index contributed by atoms with van der Waals surface area (Å²) in [5.41, 5.74) is 7.25. The predicted molar refractivity (Wildman–Crippen MR) is 155 cm³/mol. The molecule has 0 saturated carbocycles. The molecule has 6 rings (SSSR count). The number of tetrazole rings is 1. The number of anilines is 3. The molecule has 3 N–H and O–H groups in total. The summed E-state index contributed by atoms with van der Waals surface area (Å²) < 4.78 is 13.5. The molecule has 1 aliphatic rings. The first-order valence-electron chi connectivity index (χ1n) is 13.2. The van der Waals surface area contributed by atoms with Crippen molar-refractivity contribution in [3.8, 4) is 22.5 Å². The van der Waals surface area contributed by atoms with Gasteiger partial charge in [0.2, 0.25) is 0 Å². The van der Waals surface area contributed by atoms with Gasteiger partial charge in [-0.3, -0.25) is 0 Å². The zero-order valence-electron chi connectivity index (χ0n) is 21.9. The van der Waals surface area contributed by atoms with E-state index in [4.69, 9.17) is 0 Å². The molecule has 1 aromatic heterocycles. The van der Waals surface area contributed by atoms with Crippen LogP contribution in [0.25, 0.3) is 22.5 Å². The number of rotatable bonds is 6. The summed E-state index contributed by atoms with van der Waals surface area (Å²) >= 11 is 0. The highest BCUT2D eigenvalue weighted by Gasteiger charge is 2.26. The highest BCUT2D eigenvalue weighted by atomic mass is 19.1. The van der Waals surface area contributed by atoms with Crippen molar-refractivity contribution in [3.05, 3.63) is 108 Å². The molecule has 0 spiro atoms. The van der Waals surface area contributed by atoms with E-state index >= 15 is 0 Å². The first-order chi connectivity index (χ1) is 19.5. The van der Waals surface area contributed by atoms with Crippen molar-refractivity contribution in [1.29, 1.82) is 0 Å². The van der Waals surface area contributed by atoms with Crippen LogP contribution in [-0.4, -0.2) is 39.7 Å². The summed E-state index contributed by atoms with van der Waals surface area (Å²) in [6.45, 7) is 3.58. The van der Waals surface area contributed by atoms with Crippen molar-refractivity contribution in [2.45, 2.75) is 19.3 Å². The molecule has 0 aliphatic carbocycles. The van der Waals surface area contributed by atoms with Gasteiger partial charge in [0.15, 0.2) is 5.82 Å². The maximum Gasteiger partial charge on any atom is 0.323 e. The number of aromatic amines is 1. The summed E-state index contributed by atoms with van der Waals surface area (Å²) in [6.07, 6.45) is 0.934. The zero-order chi connectivity index (χ0) is 27.5. The smallest absolute Gasteiger partial charge is 0.323 e. The lowest BCUT2D eigenvalue weighted by Gasteiger charge is -2.24. The van der Waals surface area contributed by atoms with Crippen molar-refractivity contribution < 1.29 is 9.18 Å². The third-order valence-electron chi connectivity index (χ3n) is 7.26. The number of carbonyl (C=O) groups is 1. The van der Waals surface area contributed by atoms with Crippen molar-refractivity contribution in [2.75, 3.05) is 28.6 Å². The third kappa shape index (κ3) is 5.40. The second-order valence-electron chi connectivity index (χ2n) is 9.96. The Morgan fingerprint density at radius 3 is 2.48 bits per heavy atom. The van der Waals surface area contributed by atoms with Crippen LogP contribution in [0.1, 0.15) is 23.5 Å². The van der Waals surface area contributed by atoms with Crippen LogP contribution in [0.4, 0.5) is 26.2 Å². The Morgan fingerprint density at radius 2 is 1.73 bits per heavy atom. The summed E-state index contributed by atoms with van der Waals surface area (Å²) in [5.74, 6) is 0.601. The van der Waals surface area contributed by atoms with Crippen LogP contribution in [-0.2, 0) is 0 Å². The maximum atomic E-state index is 13.5.